The maximum atomic E-state index is 11.0. The van der Waals surface area contributed by atoms with Crippen LogP contribution in [0.25, 0.3) is 0 Å². The van der Waals surface area contributed by atoms with Gasteiger partial charge in [0, 0.05) is 18.7 Å². The van der Waals surface area contributed by atoms with E-state index in [1.54, 1.807) is 0 Å². The lowest BCUT2D eigenvalue weighted by molar-refractivity contribution is 0.336. The zero-order valence-electron chi connectivity index (χ0n) is 14.3. The Labute approximate surface area is 161 Å². The van der Waals surface area contributed by atoms with Crippen molar-refractivity contribution in [2.45, 2.75) is 27.3 Å². The number of rotatable bonds is 8. The minimum Gasteiger partial charge on any atom is -0.494 e. The number of ether oxygens (including phenoxy) is 1. The third-order valence-corrected chi connectivity index (χ3v) is 3.73. The molecule has 0 aliphatic heterocycles. The van der Waals surface area contributed by atoms with Crippen LogP contribution in [-0.4, -0.2) is 39.8 Å². The van der Waals surface area contributed by atoms with Crippen LogP contribution in [0, 0.1) is 6.92 Å². The van der Waals surface area contributed by atoms with Crippen LogP contribution in [0.5, 0.6) is 5.75 Å². The number of nitrogens with two attached hydrogens (primary N) is 1. The first-order valence-corrected chi connectivity index (χ1v) is 9.32. The van der Waals surface area contributed by atoms with Gasteiger partial charge in [-0.15, -0.1) is 24.0 Å². The molecule has 0 radical (unpaired) electrons. The number of nitrogens with one attached hydrogen (secondary N) is 2. The number of aryl methyl sites for hydroxylation is 1. The summed E-state index contributed by atoms with van der Waals surface area (Å²) in [6.07, 6.45) is 0. The summed E-state index contributed by atoms with van der Waals surface area (Å²) in [7, 11) is -3.49. The molecule has 1 rings (SSSR count). The molecule has 0 aliphatic rings. The number of nitrogens with zero attached hydrogens (tertiary/aromatic N) is 1. The minimum atomic E-state index is -3.49. The van der Waals surface area contributed by atoms with Crippen LogP contribution in [0.15, 0.2) is 23.2 Å². The van der Waals surface area contributed by atoms with Gasteiger partial charge in [0.25, 0.3) is 0 Å². The summed E-state index contributed by atoms with van der Waals surface area (Å²) in [4.78, 5) is 4.45. The van der Waals surface area contributed by atoms with Gasteiger partial charge in [0.15, 0.2) is 5.96 Å². The molecule has 0 fully saturated rings. The number of aliphatic imine (C=N–C) groups is 1. The molecular weight excluding hydrogens is 443 g/mol. The Morgan fingerprint density at radius 1 is 1.29 bits per heavy atom. The molecule has 0 bridgehead atoms. The number of halogens is 1. The van der Waals surface area contributed by atoms with Gasteiger partial charge in [0.05, 0.1) is 18.9 Å². The maximum Gasteiger partial charge on any atom is 0.210 e. The molecule has 0 aliphatic carbocycles. The van der Waals surface area contributed by atoms with Gasteiger partial charge >= 0.3 is 0 Å². The standard InChI is InChI=1S/C15H26N4O3S.HI/c1-4-17-15(18-8-9-23(16,20)21)19-11-13-7-6-12(3)10-14(13)22-5-2;/h6-7,10H,4-5,8-9,11H2,1-3H3,(H2,16,20,21)(H2,17,18,19);1H. The molecule has 24 heavy (non-hydrogen) atoms. The number of guanidine groups is 1. The Hall–Kier alpha value is -1.07. The summed E-state index contributed by atoms with van der Waals surface area (Å²) in [6, 6.07) is 5.97. The molecule has 138 valence electrons. The molecule has 7 nitrogen and oxygen atoms in total. The van der Waals surface area contributed by atoms with E-state index in [1.165, 1.54) is 0 Å². The van der Waals surface area contributed by atoms with E-state index < -0.39 is 10.0 Å². The molecule has 1 aromatic carbocycles. The molecule has 1 aromatic rings. The monoisotopic (exact) mass is 470 g/mol. The second-order valence-corrected chi connectivity index (χ2v) is 6.77. The molecule has 9 heteroatoms. The van der Waals surface area contributed by atoms with Gasteiger partial charge in [-0.05, 0) is 32.4 Å². The summed E-state index contributed by atoms with van der Waals surface area (Å²) < 4.78 is 27.5. The lowest BCUT2D eigenvalue weighted by Crippen LogP contribution is -2.40. The molecule has 0 saturated heterocycles. The Morgan fingerprint density at radius 3 is 2.58 bits per heavy atom. The zero-order valence-corrected chi connectivity index (χ0v) is 17.5. The fourth-order valence-corrected chi connectivity index (χ4v) is 2.29. The number of sulfonamides is 1. The third-order valence-electron chi connectivity index (χ3n) is 2.95. The van der Waals surface area contributed by atoms with E-state index in [0.29, 0.717) is 25.7 Å². The minimum absolute atomic E-state index is 0. The molecule has 0 spiro atoms. The highest BCUT2D eigenvalue weighted by molar-refractivity contribution is 14.0. The van der Waals surface area contributed by atoms with Crippen molar-refractivity contribution >= 4 is 40.0 Å². The average molecular weight is 470 g/mol. The Bertz CT molecular complexity index is 636. The molecule has 0 atom stereocenters. The first kappa shape index (κ1) is 22.9. The van der Waals surface area contributed by atoms with Gasteiger partial charge in [0.2, 0.25) is 10.0 Å². The summed E-state index contributed by atoms with van der Waals surface area (Å²) in [5.41, 5.74) is 2.10. The van der Waals surface area contributed by atoms with E-state index >= 15 is 0 Å². The van der Waals surface area contributed by atoms with Crippen molar-refractivity contribution in [3.05, 3.63) is 29.3 Å². The molecule has 0 unspecified atom stereocenters. The number of hydrogen-bond donors (Lipinski definition) is 3. The van der Waals surface area contributed by atoms with Crippen LogP contribution in [0.1, 0.15) is 25.0 Å². The SMILES string of the molecule is CCNC(=NCc1ccc(C)cc1OCC)NCCS(N)(=O)=O.I. The van der Waals surface area contributed by atoms with Gasteiger partial charge in [-0.3, -0.25) is 0 Å². The van der Waals surface area contributed by atoms with Crippen molar-refractivity contribution in [2.75, 3.05) is 25.4 Å². The zero-order chi connectivity index (χ0) is 17.3. The van der Waals surface area contributed by atoms with Gasteiger partial charge < -0.3 is 15.4 Å². The van der Waals surface area contributed by atoms with Crippen molar-refractivity contribution in [3.63, 3.8) is 0 Å². The van der Waals surface area contributed by atoms with Gasteiger partial charge in [0.1, 0.15) is 5.75 Å². The van der Waals surface area contributed by atoms with Crippen LogP contribution in [0.2, 0.25) is 0 Å². The van der Waals surface area contributed by atoms with Gasteiger partial charge in [-0.25, -0.2) is 18.5 Å². The van der Waals surface area contributed by atoms with Gasteiger partial charge in [-0.1, -0.05) is 12.1 Å². The van der Waals surface area contributed by atoms with Gasteiger partial charge in [-0.2, -0.15) is 0 Å². The molecular formula is C15H27IN4O3S. The van der Waals surface area contributed by atoms with Crippen molar-refractivity contribution < 1.29 is 13.2 Å². The van der Waals surface area contributed by atoms with E-state index in [0.717, 1.165) is 16.9 Å². The van der Waals surface area contributed by atoms with E-state index in [4.69, 9.17) is 9.88 Å². The average Bonchev–Trinajstić information content (AvgIpc) is 2.45. The fraction of sp³-hybridized carbons (Fsp3) is 0.533. The molecule has 4 N–H and O–H groups in total. The van der Waals surface area contributed by atoms with Crippen LogP contribution in [0.3, 0.4) is 0 Å². The van der Waals surface area contributed by atoms with Crippen LogP contribution in [-0.2, 0) is 16.6 Å². The molecule has 0 saturated carbocycles. The largest absolute Gasteiger partial charge is 0.494 e. The maximum absolute atomic E-state index is 11.0. The molecule has 0 heterocycles. The molecule has 0 amide bonds. The summed E-state index contributed by atoms with van der Waals surface area (Å²) in [5.74, 6) is 1.21. The van der Waals surface area contributed by atoms with E-state index in [9.17, 15) is 8.42 Å². The quantitative estimate of drug-likeness (QED) is 0.302. The van der Waals surface area contributed by atoms with E-state index in [-0.39, 0.29) is 36.3 Å². The number of primary sulfonamides is 1. The predicted octanol–water partition coefficient (Wildman–Crippen LogP) is 1.36. The topological polar surface area (TPSA) is 106 Å². The smallest absolute Gasteiger partial charge is 0.210 e. The lowest BCUT2D eigenvalue weighted by atomic mass is 10.1. The van der Waals surface area contributed by atoms with Crippen LogP contribution < -0.4 is 20.5 Å². The first-order valence-electron chi connectivity index (χ1n) is 7.60. The van der Waals surface area contributed by atoms with Crippen molar-refractivity contribution in [1.29, 1.82) is 0 Å². The normalized spacial score (nSPS) is 11.6. The summed E-state index contributed by atoms with van der Waals surface area (Å²) in [6.45, 7) is 7.79. The highest BCUT2D eigenvalue weighted by Gasteiger charge is 2.06. The second kappa shape index (κ2) is 11.5. The Kier molecular flexibility index (Phi) is 11.0. The Morgan fingerprint density at radius 2 is 2.00 bits per heavy atom. The molecule has 0 aromatic heterocycles. The first-order chi connectivity index (χ1) is 10.9. The fourth-order valence-electron chi connectivity index (χ4n) is 1.90. The highest BCUT2D eigenvalue weighted by atomic mass is 127. The van der Waals surface area contributed by atoms with E-state index in [1.807, 2.05) is 39.0 Å². The van der Waals surface area contributed by atoms with Crippen molar-refractivity contribution in [3.8, 4) is 5.75 Å². The summed E-state index contributed by atoms with van der Waals surface area (Å²) in [5, 5.41) is 11.0. The predicted molar refractivity (Wildman–Crippen MR) is 109 cm³/mol. The van der Waals surface area contributed by atoms with Crippen molar-refractivity contribution in [2.24, 2.45) is 10.1 Å². The number of benzene rings is 1. The highest BCUT2D eigenvalue weighted by Crippen LogP contribution is 2.21. The lowest BCUT2D eigenvalue weighted by Gasteiger charge is -2.12. The second-order valence-electron chi connectivity index (χ2n) is 5.03. The van der Waals surface area contributed by atoms with Crippen LogP contribution in [0.4, 0.5) is 0 Å². The van der Waals surface area contributed by atoms with Crippen LogP contribution >= 0.6 is 24.0 Å². The van der Waals surface area contributed by atoms with Crippen molar-refractivity contribution in [1.82, 2.24) is 10.6 Å². The number of hydrogen-bond acceptors (Lipinski definition) is 4. The summed E-state index contributed by atoms with van der Waals surface area (Å²) >= 11 is 0. The van der Waals surface area contributed by atoms with E-state index in [2.05, 4.69) is 15.6 Å². The Balaban J connectivity index is 0.00000529. The third kappa shape index (κ3) is 9.28.